The van der Waals surface area contributed by atoms with E-state index < -0.39 is 0 Å². The molecule has 0 atom stereocenters. The topological polar surface area (TPSA) is 32.3 Å². The Morgan fingerprint density at radius 3 is 1.12 bits per heavy atom. The van der Waals surface area contributed by atoms with Gasteiger partial charge in [-0.05, 0) is 124 Å². The molecule has 0 saturated carbocycles. The zero-order chi connectivity index (χ0) is 42.7. The summed E-state index contributed by atoms with van der Waals surface area (Å²) < 4.78 is 0. The van der Waals surface area contributed by atoms with Crippen LogP contribution in [-0.2, 0) is 0 Å². The molecule has 0 fully saturated rings. The number of nitrogens with zero attached hydrogens (tertiary/aromatic N) is 4. The summed E-state index contributed by atoms with van der Waals surface area (Å²) in [6.07, 6.45) is 3.75. The third-order valence-electron chi connectivity index (χ3n) is 12.0. The third kappa shape index (κ3) is 7.03. The highest BCUT2D eigenvalue weighted by atomic mass is 15.2. The zero-order valence-corrected chi connectivity index (χ0v) is 35.0. The first-order chi connectivity index (χ1) is 31.8. The standard InChI is InChI=1S/C60H42N4/c1-4-21-43(22-5-1)63(44-23-6-2-7-24-44)46-37-39-47(40-38-46)64(45-25-8-3-9-26-45)57-36-20-33-54-58(50-29-12-10-27-48(50)55-34-16-18-41-61-55)52-31-14-15-32-53(52)59(60(54)57)51-30-13-11-28-49(51)56-35-17-19-42-62-56/h1-42H. The third-order valence-corrected chi connectivity index (χ3v) is 12.0. The molecule has 0 amide bonds. The van der Waals surface area contributed by atoms with Crippen molar-refractivity contribution >= 4 is 55.7 Å². The van der Waals surface area contributed by atoms with Gasteiger partial charge in [0.15, 0.2) is 0 Å². The van der Waals surface area contributed by atoms with Crippen LogP contribution >= 0.6 is 0 Å². The van der Waals surface area contributed by atoms with E-state index in [0.717, 1.165) is 95.1 Å². The van der Waals surface area contributed by atoms with Gasteiger partial charge >= 0.3 is 0 Å². The van der Waals surface area contributed by atoms with E-state index in [0.29, 0.717) is 0 Å². The van der Waals surface area contributed by atoms with Crippen molar-refractivity contribution in [3.8, 4) is 44.8 Å². The van der Waals surface area contributed by atoms with E-state index in [2.05, 4.69) is 240 Å². The normalized spacial score (nSPS) is 11.1. The Kier molecular flexibility index (Phi) is 10.2. The summed E-state index contributed by atoms with van der Waals surface area (Å²) in [4.78, 5) is 14.5. The summed E-state index contributed by atoms with van der Waals surface area (Å²) >= 11 is 0. The number of aromatic nitrogens is 2. The fraction of sp³-hybridized carbons (Fsp3) is 0. The lowest BCUT2D eigenvalue weighted by molar-refractivity contribution is 1.26. The Labute approximate surface area is 373 Å². The van der Waals surface area contributed by atoms with Crippen molar-refractivity contribution in [3.63, 3.8) is 0 Å². The van der Waals surface area contributed by atoms with Crippen LogP contribution in [0.3, 0.4) is 0 Å². The highest BCUT2D eigenvalue weighted by Gasteiger charge is 2.26. The maximum Gasteiger partial charge on any atom is 0.0708 e. The van der Waals surface area contributed by atoms with Gasteiger partial charge in [0.1, 0.15) is 0 Å². The molecule has 0 unspecified atom stereocenters. The van der Waals surface area contributed by atoms with Crippen LogP contribution in [0.25, 0.3) is 66.3 Å². The molecule has 11 rings (SSSR count). The largest absolute Gasteiger partial charge is 0.311 e. The number of anilines is 6. The fourth-order valence-electron chi connectivity index (χ4n) is 9.22. The summed E-state index contributed by atoms with van der Waals surface area (Å²) in [6.45, 7) is 0. The molecule has 0 saturated heterocycles. The van der Waals surface area contributed by atoms with Crippen molar-refractivity contribution in [1.29, 1.82) is 0 Å². The lowest BCUT2D eigenvalue weighted by Gasteiger charge is -2.30. The molecule has 64 heavy (non-hydrogen) atoms. The van der Waals surface area contributed by atoms with E-state index >= 15 is 0 Å². The lowest BCUT2D eigenvalue weighted by atomic mass is 9.82. The van der Waals surface area contributed by atoms with Gasteiger partial charge in [0.25, 0.3) is 0 Å². The van der Waals surface area contributed by atoms with E-state index in [4.69, 9.17) is 9.97 Å². The van der Waals surface area contributed by atoms with Gasteiger partial charge in [-0.2, -0.15) is 0 Å². The molecule has 0 radical (unpaired) electrons. The number of rotatable bonds is 10. The van der Waals surface area contributed by atoms with E-state index in [1.165, 1.54) is 5.39 Å². The molecule has 0 bridgehead atoms. The van der Waals surface area contributed by atoms with Gasteiger partial charge in [-0.3, -0.25) is 9.97 Å². The van der Waals surface area contributed by atoms with E-state index in [1.807, 2.05) is 24.5 Å². The molecular formula is C60H42N4. The van der Waals surface area contributed by atoms with Gasteiger partial charge in [-0.25, -0.2) is 0 Å². The quantitative estimate of drug-likeness (QED) is 0.129. The van der Waals surface area contributed by atoms with Crippen LogP contribution in [-0.4, -0.2) is 9.97 Å². The van der Waals surface area contributed by atoms with Crippen molar-refractivity contribution in [3.05, 3.63) is 255 Å². The minimum Gasteiger partial charge on any atom is -0.311 e. The van der Waals surface area contributed by atoms with E-state index in [1.54, 1.807) is 0 Å². The Hall–Kier alpha value is -8.60. The second kappa shape index (κ2) is 17.0. The SMILES string of the molecule is c1ccc(N(c2ccccc2)c2ccc(N(c3ccccc3)c3cccc4c(-c5ccccc5-c5ccccn5)c5ccccc5c(-c5ccccc5-c5ccccn5)c34)cc2)cc1. The van der Waals surface area contributed by atoms with Gasteiger partial charge in [0.05, 0.1) is 17.1 Å². The van der Waals surface area contributed by atoms with Gasteiger partial charge in [-0.1, -0.05) is 152 Å². The van der Waals surface area contributed by atoms with Crippen molar-refractivity contribution in [1.82, 2.24) is 9.97 Å². The smallest absolute Gasteiger partial charge is 0.0708 e. The molecule has 9 aromatic carbocycles. The highest BCUT2D eigenvalue weighted by Crippen LogP contribution is 2.52. The minimum atomic E-state index is 0.925. The molecule has 0 N–H and O–H groups in total. The number of pyridine rings is 2. The Morgan fingerprint density at radius 1 is 0.250 bits per heavy atom. The minimum absolute atomic E-state index is 0.925. The van der Waals surface area contributed by atoms with Crippen molar-refractivity contribution in [2.75, 3.05) is 9.80 Å². The summed E-state index contributed by atoms with van der Waals surface area (Å²) in [5.41, 5.74) is 15.0. The van der Waals surface area contributed by atoms with Crippen LogP contribution in [0, 0.1) is 0 Å². The second-order valence-corrected chi connectivity index (χ2v) is 15.7. The Morgan fingerprint density at radius 2 is 0.625 bits per heavy atom. The summed E-state index contributed by atoms with van der Waals surface area (Å²) in [6, 6.07) is 86.2. The number of fused-ring (bicyclic) bond motifs is 2. The molecule has 4 nitrogen and oxygen atoms in total. The molecule has 2 heterocycles. The lowest BCUT2D eigenvalue weighted by Crippen LogP contribution is -2.12. The first-order valence-electron chi connectivity index (χ1n) is 21.7. The monoisotopic (exact) mass is 818 g/mol. The van der Waals surface area contributed by atoms with Crippen LogP contribution in [0.4, 0.5) is 34.1 Å². The maximum absolute atomic E-state index is 4.90. The molecule has 4 heteroatoms. The van der Waals surface area contributed by atoms with Gasteiger partial charge in [-0.15, -0.1) is 0 Å². The van der Waals surface area contributed by atoms with Crippen LogP contribution in [0.2, 0.25) is 0 Å². The van der Waals surface area contributed by atoms with Crippen LogP contribution in [0.15, 0.2) is 255 Å². The first-order valence-corrected chi connectivity index (χ1v) is 21.7. The summed E-state index contributed by atoms with van der Waals surface area (Å²) in [5.74, 6) is 0. The fourth-order valence-corrected chi connectivity index (χ4v) is 9.22. The molecular weight excluding hydrogens is 777 g/mol. The molecule has 0 aliphatic carbocycles. The average molecular weight is 819 g/mol. The average Bonchev–Trinajstić information content (AvgIpc) is 3.38. The maximum atomic E-state index is 4.90. The number of para-hydroxylation sites is 3. The predicted molar refractivity (Wildman–Crippen MR) is 268 cm³/mol. The Balaban J connectivity index is 1.22. The van der Waals surface area contributed by atoms with E-state index in [9.17, 15) is 0 Å². The molecule has 302 valence electrons. The van der Waals surface area contributed by atoms with Crippen molar-refractivity contribution in [2.45, 2.75) is 0 Å². The molecule has 2 aromatic heterocycles. The van der Waals surface area contributed by atoms with Crippen molar-refractivity contribution in [2.24, 2.45) is 0 Å². The van der Waals surface area contributed by atoms with E-state index in [-0.39, 0.29) is 0 Å². The predicted octanol–water partition coefficient (Wildman–Crippen LogP) is 16.4. The number of hydrogen-bond acceptors (Lipinski definition) is 4. The first kappa shape index (κ1) is 38.3. The van der Waals surface area contributed by atoms with Gasteiger partial charge < -0.3 is 9.80 Å². The van der Waals surface area contributed by atoms with Crippen LogP contribution in [0.1, 0.15) is 0 Å². The highest BCUT2D eigenvalue weighted by molar-refractivity contribution is 6.26. The summed E-state index contributed by atoms with van der Waals surface area (Å²) in [7, 11) is 0. The molecule has 0 aliphatic heterocycles. The van der Waals surface area contributed by atoms with Crippen LogP contribution < -0.4 is 9.80 Å². The second-order valence-electron chi connectivity index (χ2n) is 15.7. The molecule has 0 aliphatic rings. The molecule has 0 spiro atoms. The van der Waals surface area contributed by atoms with Crippen molar-refractivity contribution < 1.29 is 0 Å². The number of benzene rings is 9. The molecule has 11 aromatic rings. The Bertz CT molecular complexity index is 3320. The van der Waals surface area contributed by atoms with Gasteiger partial charge in [0, 0.05) is 62.9 Å². The van der Waals surface area contributed by atoms with Gasteiger partial charge in [0.2, 0.25) is 0 Å². The van der Waals surface area contributed by atoms with Crippen LogP contribution in [0.5, 0.6) is 0 Å². The summed E-state index contributed by atoms with van der Waals surface area (Å²) in [5, 5.41) is 4.60. The zero-order valence-electron chi connectivity index (χ0n) is 35.0. The number of hydrogen-bond donors (Lipinski definition) is 0.